The Kier molecular flexibility index (Phi) is 7.10. The summed E-state index contributed by atoms with van der Waals surface area (Å²) in [6, 6.07) is 14.4. The van der Waals surface area contributed by atoms with Crippen LogP contribution in [0.3, 0.4) is 0 Å². The van der Waals surface area contributed by atoms with Gasteiger partial charge in [-0.15, -0.1) is 0 Å². The van der Waals surface area contributed by atoms with Gasteiger partial charge in [-0.3, -0.25) is 14.9 Å². The zero-order chi connectivity index (χ0) is 18.7. The molecule has 3 aromatic rings. The van der Waals surface area contributed by atoms with Gasteiger partial charge in [0.05, 0.1) is 0 Å². The average Bonchev–Trinajstić information content (AvgIpc) is 3.19. The van der Waals surface area contributed by atoms with E-state index in [2.05, 4.69) is 39.4 Å². The molecule has 0 aliphatic carbocycles. The van der Waals surface area contributed by atoms with Crippen molar-refractivity contribution in [2.24, 2.45) is 0 Å². The first kappa shape index (κ1) is 18.8. The van der Waals surface area contributed by atoms with Gasteiger partial charge in [0.25, 0.3) is 0 Å². The molecule has 0 amide bonds. The summed E-state index contributed by atoms with van der Waals surface area (Å²) in [5, 5.41) is 6.95. The van der Waals surface area contributed by atoms with E-state index in [9.17, 15) is 4.79 Å². The molecule has 27 heavy (non-hydrogen) atoms. The topological polar surface area (TPSA) is 58.6 Å². The second-order valence-electron chi connectivity index (χ2n) is 6.63. The Morgan fingerprint density at radius 3 is 2.63 bits per heavy atom. The number of unbranched alkanes of at least 4 members (excludes halogenated alkanes) is 3. The largest absolute Gasteiger partial charge is 0.292 e. The van der Waals surface area contributed by atoms with Crippen LogP contribution in [0.15, 0.2) is 61.1 Å². The number of aromatic nitrogens is 3. The molecule has 2 heterocycles. The number of carbonyl (C=O) groups is 1. The van der Waals surface area contributed by atoms with Crippen molar-refractivity contribution in [1.29, 1.82) is 0 Å². The first-order valence-electron chi connectivity index (χ1n) is 9.52. The zero-order valence-electron chi connectivity index (χ0n) is 15.5. The predicted octanol–water partition coefficient (Wildman–Crippen LogP) is 5.35. The maximum absolute atomic E-state index is 12.5. The SMILES string of the molecule is O=C(CCCCCCc1ccccc1)c1n[nH]cc1/C=C/c1cccnc1. The number of aromatic amines is 1. The number of hydrogen-bond acceptors (Lipinski definition) is 3. The Hall–Kier alpha value is -3.01. The molecule has 2 aromatic heterocycles. The minimum Gasteiger partial charge on any atom is -0.292 e. The lowest BCUT2D eigenvalue weighted by atomic mass is 10.0. The highest BCUT2D eigenvalue weighted by atomic mass is 16.1. The van der Waals surface area contributed by atoms with Crippen molar-refractivity contribution >= 4 is 17.9 Å². The van der Waals surface area contributed by atoms with Crippen molar-refractivity contribution in [3.8, 4) is 0 Å². The van der Waals surface area contributed by atoms with Gasteiger partial charge >= 0.3 is 0 Å². The minimum absolute atomic E-state index is 0.102. The van der Waals surface area contributed by atoms with Gasteiger partial charge in [-0.1, -0.05) is 61.4 Å². The fourth-order valence-corrected chi connectivity index (χ4v) is 3.04. The summed E-state index contributed by atoms with van der Waals surface area (Å²) in [4.78, 5) is 16.5. The van der Waals surface area contributed by atoms with Crippen LogP contribution in [-0.2, 0) is 6.42 Å². The molecular formula is C23H25N3O. The van der Waals surface area contributed by atoms with Gasteiger partial charge in [-0.05, 0) is 36.5 Å². The van der Waals surface area contributed by atoms with Crippen molar-refractivity contribution in [2.75, 3.05) is 0 Å². The van der Waals surface area contributed by atoms with E-state index < -0.39 is 0 Å². The molecule has 1 N–H and O–H groups in total. The highest BCUT2D eigenvalue weighted by molar-refractivity contribution is 5.98. The highest BCUT2D eigenvalue weighted by Crippen LogP contribution is 2.15. The third kappa shape index (κ3) is 6.03. The molecule has 0 spiro atoms. The van der Waals surface area contributed by atoms with Crippen LogP contribution in [0.25, 0.3) is 12.2 Å². The average molecular weight is 359 g/mol. The van der Waals surface area contributed by atoms with Crippen LogP contribution in [0.1, 0.15) is 59.3 Å². The van der Waals surface area contributed by atoms with Gasteiger partial charge in [-0.2, -0.15) is 5.10 Å². The van der Waals surface area contributed by atoms with Gasteiger partial charge in [-0.25, -0.2) is 0 Å². The van der Waals surface area contributed by atoms with E-state index in [1.54, 1.807) is 18.6 Å². The fraction of sp³-hybridized carbons (Fsp3) is 0.261. The van der Waals surface area contributed by atoms with Crippen LogP contribution in [0.4, 0.5) is 0 Å². The Balaban J connectivity index is 1.41. The van der Waals surface area contributed by atoms with E-state index in [1.165, 1.54) is 12.0 Å². The van der Waals surface area contributed by atoms with Gasteiger partial charge in [0, 0.05) is 30.6 Å². The lowest BCUT2D eigenvalue weighted by Gasteiger charge is -2.02. The number of pyridine rings is 1. The highest BCUT2D eigenvalue weighted by Gasteiger charge is 2.12. The summed E-state index contributed by atoms with van der Waals surface area (Å²) in [6.45, 7) is 0. The lowest BCUT2D eigenvalue weighted by molar-refractivity contribution is 0.0974. The molecule has 0 aliphatic rings. The lowest BCUT2D eigenvalue weighted by Crippen LogP contribution is -2.01. The molecule has 0 atom stereocenters. The monoisotopic (exact) mass is 359 g/mol. The minimum atomic E-state index is 0.102. The van der Waals surface area contributed by atoms with E-state index in [1.807, 2.05) is 30.4 Å². The summed E-state index contributed by atoms with van der Waals surface area (Å²) in [5.41, 5.74) is 3.73. The van der Waals surface area contributed by atoms with Crippen LogP contribution in [0, 0.1) is 0 Å². The van der Waals surface area contributed by atoms with Crippen molar-refractivity contribution < 1.29 is 4.79 Å². The zero-order valence-corrected chi connectivity index (χ0v) is 15.5. The molecular weight excluding hydrogens is 334 g/mol. The van der Waals surface area contributed by atoms with Gasteiger partial charge < -0.3 is 0 Å². The van der Waals surface area contributed by atoms with E-state index in [-0.39, 0.29) is 5.78 Å². The Morgan fingerprint density at radius 2 is 1.81 bits per heavy atom. The Labute approximate surface area is 160 Å². The maximum atomic E-state index is 12.5. The maximum Gasteiger partial charge on any atom is 0.183 e. The molecule has 0 saturated heterocycles. The molecule has 0 bridgehead atoms. The first-order valence-corrected chi connectivity index (χ1v) is 9.52. The second-order valence-corrected chi connectivity index (χ2v) is 6.63. The molecule has 4 nitrogen and oxygen atoms in total. The van der Waals surface area contributed by atoms with Crippen molar-refractivity contribution in [1.82, 2.24) is 15.2 Å². The predicted molar refractivity (Wildman–Crippen MR) is 109 cm³/mol. The number of nitrogens with zero attached hydrogens (tertiary/aromatic N) is 2. The number of hydrogen-bond donors (Lipinski definition) is 1. The molecule has 0 unspecified atom stereocenters. The number of ketones is 1. The smallest absolute Gasteiger partial charge is 0.183 e. The Bertz CT molecular complexity index is 854. The van der Waals surface area contributed by atoms with E-state index in [0.29, 0.717) is 12.1 Å². The first-order chi connectivity index (χ1) is 13.3. The third-order valence-corrected chi connectivity index (χ3v) is 4.54. The Morgan fingerprint density at radius 1 is 0.963 bits per heavy atom. The van der Waals surface area contributed by atoms with E-state index >= 15 is 0 Å². The second kappa shape index (κ2) is 10.2. The summed E-state index contributed by atoms with van der Waals surface area (Å²) < 4.78 is 0. The van der Waals surface area contributed by atoms with Crippen molar-refractivity contribution in [3.05, 3.63) is 83.4 Å². The summed E-state index contributed by atoms with van der Waals surface area (Å²) in [5.74, 6) is 0.102. The normalized spacial score (nSPS) is 11.1. The van der Waals surface area contributed by atoms with Gasteiger partial charge in [0.15, 0.2) is 5.78 Å². The molecule has 0 radical (unpaired) electrons. The van der Waals surface area contributed by atoms with E-state index in [0.717, 1.165) is 36.8 Å². The number of nitrogens with one attached hydrogen (secondary N) is 1. The molecule has 0 fully saturated rings. The molecule has 4 heteroatoms. The number of Topliss-reactive ketones (excluding diaryl/α,β-unsaturated/α-hetero) is 1. The number of benzene rings is 1. The number of carbonyl (C=O) groups excluding carboxylic acids is 1. The number of H-pyrrole nitrogens is 1. The number of aryl methyl sites for hydroxylation is 1. The summed E-state index contributed by atoms with van der Waals surface area (Å²) in [6.07, 6.45) is 15.1. The van der Waals surface area contributed by atoms with Crippen LogP contribution in [-0.4, -0.2) is 21.0 Å². The fourth-order valence-electron chi connectivity index (χ4n) is 3.04. The summed E-state index contributed by atoms with van der Waals surface area (Å²) in [7, 11) is 0. The van der Waals surface area contributed by atoms with Gasteiger partial charge in [0.1, 0.15) is 5.69 Å². The summed E-state index contributed by atoms with van der Waals surface area (Å²) >= 11 is 0. The molecule has 1 aromatic carbocycles. The standard InChI is InChI=1S/C23H25N3O/c27-22(13-7-2-1-4-9-19-10-5-3-6-11-19)23-21(18-25-26-23)15-14-20-12-8-16-24-17-20/h3,5-6,8,10-12,14-18H,1-2,4,7,9,13H2,(H,25,26)/b15-14+. The van der Waals surface area contributed by atoms with Crippen LogP contribution in [0.5, 0.6) is 0 Å². The third-order valence-electron chi connectivity index (χ3n) is 4.54. The number of rotatable bonds is 10. The van der Waals surface area contributed by atoms with E-state index in [4.69, 9.17) is 0 Å². The molecule has 0 saturated carbocycles. The van der Waals surface area contributed by atoms with Gasteiger partial charge in [0.2, 0.25) is 0 Å². The molecule has 138 valence electrons. The van der Waals surface area contributed by atoms with Crippen LogP contribution in [0.2, 0.25) is 0 Å². The quantitative estimate of drug-likeness (QED) is 0.392. The van der Waals surface area contributed by atoms with Crippen molar-refractivity contribution in [2.45, 2.75) is 38.5 Å². The molecule has 0 aliphatic heterocycles. The van der Waals surface area contributed by atoms with Crippen molar-refractivity contribution in [3.63, 3.8) is 0 Å². The molecule has 3 rings (SSSR count). The van der Waals surface area contributed by atoms with Crippen LogP contribution >= 0.6 is 0 Å². The van der Waals surface area contributed by atoms with Crippen LogP contribution < -0.4 is 0 Å².